The van der Waals surface area contributed by atoms with E-state index in [0.717, 1.165) is 5.56 Å². The first-order valence-electron chi connectivity index (χ1n) is 5.69. The first-order valence-corrected chi connectivity index (χ1v) is 5.69. The number of carbonyl (C=O) groups is 2. The highest BCUT2D eigenvalue weighted by molar-refractivity contribution is 5.84. The van der Waals surface area contributed by atoms with E-state index in [1.165, 1.54) is 14.0 Å². The lowest BCUT2D eigenvalue weighted by Crippen LogP contribution is -2.55. The summed E-state index contributed by atoms with van der Waals surface area (Å²) in [6.07, 6.45) is -0.800. The number of hydrogen-bond donors (Lipinski definition) is 2. The van der Waals surface area contributed by atoms with Crippen LogP contribution in [0.4, 0.5) is 4.79 Å². The zero-order chi connectivity index (χ0) is 14.3. The van der Waals surface area contributed by atoms with Crippen LogP contribution in [-0.4, -0.2) is 36.4 Å². The number of carboxylic acids is 1. The Bertz CT molecular complexity index is 434. The summed E-state index contributed by atoms with van der Waals surface area (Å²) in [6, 6.07) is 9.10. The molecule has 6 heteroatoms. The highest BCUT2D eigenvalue weighted by Gasteiger charge is 2.35. The Labute approximate surface area is 111 Å². The van der Waals surface area contributed by atoms with Crippen molar-refractivity contribution in [3.63, 3.8) is 0 Å². The molecular formula is C13H17NO5. The Kier molecular flexibility index (Phi) is 5.32. The van der Waals surface area contributed by atoms with Crippen LogP contribution in [0.5, 0.6) is 0 Å². The maximum absolute atomic E-state index is 11.6. The van der Waals surface area contributed by atoms with Crippen molar-refractivity contribution in [1.29, 1.82) is 0 Å². The van der Waals surface area contributed by atoms with Crippen LogP contribution >= 0.6 is 0 Å². The Balaban J connectivity index is 2.52. The molecule has 0 saturated carbocycles. The number of benzene rings is 1. The molecule has 1 amide bonds. The molecule has 0 aromatic heterocycles. The van der Waals surface area contributed by atoms with E-state index in [4.69, 9.17) is 14.6 Å². The van der Waals surface area contributed by atoms with Gasteiger partial charge in [-0.05, 0) is 12.5 Å². The lowest BCUT2D eigenvalue weighted by atomic mass is 10.1. The zero-order valence-electron chi connectivity index (χ0n) is 10.9. The van der Waals surface area contributed by atoms with Crippen molar-refractivity contribution in [2.24, 2.45) is 0 Å². The third kappa shape index (κ3) is 4.59. The Morgan fingerprint density at radius 2 is 1.95 bits per heavy atom. The quantitative estimate of drug-likeness (QED) is 0.813. The number of aliphatic carboxylic acids is 1. The fraction of sp³-hybridized carbons (Fsp3) is 0.385. The van der Waals surface area contributed by atoms with E-state index in [2.05, 4.69) is 5.32 Å². The van der Waals surface area contributed by atoms with Gasteiger partial charge in [-0.25, -0.2) is 9.59 Å². The van der Waals surface area contributed by atoms with E-state index >= 15 is 0 Å². The van der Waals surface area contributed by atoms with Gasteiger partial charge in [-0.3, -0.25) is 0 Å². The molecule has 6 nitrogen and oxygen atoms in total. The Hall–Kier alpha value is -2.08. The summed E-state index contributed by atoms with van der Waals surface area (Å²) in [5.41, 5.74) is -0.691. The molecule has 2 N–H and O–H groups in total. The largest absolute Gasteiger partial charge is 0.479 e. The summed E-state index contributed by atoms with van der Waals surface area (Å²) in [6.45, 7) is 1.28. The van der Waals surface area contributed by atoms with Crippen LogP contribution in [0.1, 0.15) is 12.5 Å². The minimum atomic E-state index is -1.51. The molecule has 0 aliphatic heterocycles. The van der Waals surface area contributed by atoms with Crippen LogP contribution in [-0.2, 0) is 20.9 Å². The minimum Gasteiger partial charge on any atom is -0.479 e. The highest BCUT2D eigenvalue weighted by atomic mass is 16.5. The number of ether oxygens (including phenoxy) is 2. The molecule has 0 heterocycles. The van der Waals surface area contributed by atoms with Gasteiger partial charge in [0.2, 0.25) is 0 Å². The van der Waals surface area contributed by atoms with E-state index in [-0.39, 0.29) is 13.2 Å². The fourth-order valence-corrected chi connectivity index (χ4v) is 1.42. The number of carbonyl (C=O) groups excluding carboxylic acids is 1. The second-order valence-corrected chi connectivity index (χ2v) is 4.26. The number of hydrogen-bond acceptors (Lipinski definition) is 4. The molecule has 0 radical (unpaired) electrons. The molecule has 1 rings (SSSR count). The second-order valence-electron chi connectivity index (χ2n) is 4.26. The number of methoxy groups -OCH3 is 1. The molecule has 19 heavy (non-hydrogen) atoms. The number of carboxylic acid groups (broad SMARTS) is 1. The standard InChI is InChI=1S/C13H17NO5/c1-13(9-18-2,11(15)16)14-12(17)19-8-10-6-4-3-5-7-10/h3-7H,8-9H2,1-2H3,(H,14,17)(H,15,16). The predicted octanol–water partition coefficient (Wildman–Crippen LogP) is 1.40. The predicted molar refractivity (Wildman–Crippen MR) is 67.7 cm³/mol. The molecule has 1 aromatic rings. The maximum Gasteiger partial charge on any atom is 0.408 e. The van der Waals surface area contributed by atoms with Gasteiger partial charge in [0, 0.05) is 7.11 Å². The van der Waals surface area contributed by atoms with Gasteiger partial charge in [0.25, 0.3) is 0 Å². The lowest BCUT2D eigenvalue weighted by Gasteiger charge is -2.24. The van der Waals surface area contributed by atoms with Gasteiger partial charge in [0.1, 0.15) is 6.61 Å². The molecule has 0 aliphatic carbocycles. The third-order valence-corrected chi connectivity index (χ3v) is 2.50. The average Bonchev–Trinajstić information content (AvgIpc) is 2.37. The summed E-state index contributed by atoms with van der Waals surface area (Å²) in [4.78, 5) is 22.6. The van der Waals surface area contributed by atoms with Gasteiger partial charge < -0.3 is 19.9 Å². The molecule has 0 fully saturated rings. The van der Waals surface area contributed by atoms with Crippen molar-refractivity contribution < 1.29 is 24.2 Å². The number of nitrogens with one attached hydrogen (secondary N) is 1. The first kappa shape index (κ1) is 15.0. The third-order valence-electron chi connectivity index (χ3n) is 2.50. The van der Waals surface area contributed by atoms with Crippen molar-refractivity contribution in [2.75, 3.05) is 13.7 Å². The van der Waals surface area contributed by atoms with Gasteiger partial charge in [0.05, 0.1) is 6.61 Å². The molecule has 1 atom stereocenters. The van der Waals surface area contributed by atoms with Crippen LogP contribution in [0.15, 0.2) is 30.3 Å². The minimum absolute atomic E-state index is 0.0787. The number of rotatable bonds is 6. The van der Waals surface area contributed by atoms with Crippen LogP contribution in [0.2, 0.25) is 0 Å². The van der Waals surface area contributed by atoms with Crippen LogP contribution < -0.4 is 5.32 Å². The molecule has 1 aromatic carbocycles. The summed E-state index contributed by atoms with van der Waals surface area (Å²) in [5.74, 6) is -1.19. The van der Waals surface area contributed by atoms with Gasteiger partial charge in [-0.2, -0.15) is 0 Å². The zero-order valence-corrected chi connectivity index (χ0v) is 10.9. The summed E-state index contributed by atoms with van der Waals surface area (Å²) < 4.78 is 9.73. The van der Waals surface area contributed by atoms with Crippen molar-refractivity contribution in [1.82, 2.24) is 5.32 Å². The van der Waals surface area contributed by atoms with E-state index in [0.29, 0.717) is 0 Å². The second kappa shape index (κ2) is 6.75. The highest BCUT2D eigenvalue weighted by Crippen LogP contribution is 2.06. The van der Waals surface area contributed by atoms with Crippen LogP contribution in [0.25, 0.3) is 0 Å². The molecular weight excluding hydrogens is 250 g/mol. The first-order chi connectivity index (χ1) is 8.98. The molecule has 0 saturated heterocycles. The Morgan fingerprint density at radius 1 is 1.32 bits per heavy atom. The number of alkyl carbamates (subject to hydrolysis) is 1. The maximum atomic E-state index is 11.6. The molecule has 1 unspecified atom stereocenters. The SMILES string of the molecule is COCC(C)(NC(=O)OCc1ccccc1)C(=O)O. The van der Waals surface area contributed by atoms with E-state index in [9.17, 15) is 9.59 Å². The lowest BCUT2D eigenvalue weighted by molar-refractivity contribution is -0.146. The van der Waals surface area contributed by atoms with E-state index in [1.807, 2.05) is 18.2 Å². The molecule has 104 valence electrons. The average molecular weight is 267 g/mol. The summed E-state index contributed by atoms with van der Waals surface area (Å²) in [5, 5.41) is 11.3. The monoisotopic (exact) mass is 267 g/mol. The van der Waals surface area contributed by atoms with Crippen molar-refractivity contribution in [3.05, 3.63) is 35.9 Å². The van der Waals surface area contributed by atoms with Gasteiger partial charge in [0.15, 0.2) is 5.54 Å². The van der Waals surface area contributed by atoms with Crippen LogP contribution in [0, 0.1) is 0 Å². The van der Waals surface area contributed by atoms with Gasteiger partial charge in [-0.1, -0.05) is 30.3 Å². The molecule has 0 aliphatic rings. The normalized spacial score (nSPS) is 13.4. The van der Waals surface area contributed by atoms with Gasteiger partial charge in [-0.15, -0.1) is 0 Å². The van der Waals surface area contributed by atoms with Crippen LogP contribution in [0.3, 0.4) is 0 Å². The molecule has 0 bridgehead atoms. The molecule has 0 spiro atoms. The van der Waals surface area contributed by atoms with Crippen molar-refractivity contribution in [2.45, 2.75) is 19.1 Å². The van der Waals surface area contributed by atoms with Crippen molar-refractivity contribution >= 4 is 12.1 Å². The van der Waals surface area contributed by atoms with E-state index in [1.54, 1.807) is 12.1 Å². The van der Waals surface area contributed by atoms with Gasteiger partial charge >= 0.3 is 12.1 Å². The summed E-state index contributed by atoms with van der Waals surface area (Å²) in [7, 11) is 1.36. The van der Waals surface area contributed by atoms with E-state index < -0.39 is 17.6 Å². The topological polar surface area (TPSA) is 84.9 Å². The summed E-state index contributed by atoms with van der Waals surface area (Å²) >= 11 is 0. The smallest absolute Gasteiger partial charge is 0.408 e. The fourth-order valence-electron chi connectivity index (χ4n) is 1.42. The van der Waals surface area contributed by atoms with Crippen molar-refractivity contribution in [3.8, 4) is 0 Å². The number of amides is 1. The Morgan fingerprint density at radius 3 is 2.47 bits per heavy atom.